The van der Waals surface area contributed by atoms with E-state index in [9.17, 15) is 25.2 Å². The molecule has 0 aromatic heterocycles. The second kappa shape index (κ2) is 43.1. The Bertz CT molecular complexity index is 1310. The van der Waals surface area contributed by atoms with E-state index in [1.807, 2.05) is 0 Å². The summed E-state index contributed by atoms with van der Waals surface area (Å²) in [5.74, 6) is -0.341. The number of hydrogen-bond donors (Lipinski definition) is 4. The summed E-state index contributed by atoms with van der Waals surface area (Å²) < 4.78 is 22.8. The highest BCUT2D eigenvalue weighted by atomic mass is 16.7. The number of hydrogen-bond acceptors (Lipinski definition) is 9. The Labute approximate surface area is 376 Å². The molecule has 0 amide bonds. The third kappa shape index (κ3) is 33.4. The van der Waals surface area contributed by atoms with Crippen molar-refractivity contribution in [3.8, 4) is 0 Å². The molecule has 0 spiro atoms. The first-order valence-corrected chi connectivity index (χ1v) is 24.0. The van der Waals surface area contributed by atoms with Gasteiger partial charge in [0.1, 0.15) is 30.5 Å². The Morgan fingerprint density at radius 1 is 0.516 bits per heavy atom. The zero-order valence-electron chi connectivity index (χ0n) is 38.6. The summed E-state index contributed by atoms with van der Waals surface area (Å²) >= 11 is 0. The van der Waals surface area contributed by atoms with Gasteiger partial charge in [0, 0.05) is 13.0 Å². The molecule has 1 rings (SSSR count). The largest absolute Gasteiger partial charge is 0.457 e. The highest BCUT2D eigenvalue weighted by Gasteiger charge is 2.44. The molecule has 1 heterocycles. The summed E-state index contributed by atoms with van der Waals surface area (Å²) in [6.07, 6.45) is 54.0. The molecule has 1 aliphatic heterocycles. The molecule has 6 unspecified atom stereocenters. The van der Waals surface area contributed by atoms with Crippen LogP contribution in [0, 0.1) is 0 Å². The molecule has 0 aliphatic carbocycles. The van der Waals surface area contributed by atoms with Gasteiger partial charge in [-0.1, -0.05) is 162 Å². The van der Waals surface area contributed by atoms with Gasteiger partial charge in [-0.15, -0.1) is 0 Å². The number of carbonyl (C=O) groups excluding carboxylic acids is 1. The van der Waals surface area contributed by atoms with E-state index in [-0.39, 0.29) is 19.2 Å². The van der Waals surface area contributed by atoms with E-state index in [0.29, 0.717) is 13.0 Å². The molecule has 4 N–H and O–H groups in total. The van der Waals surface area contributed by atoms with Crippen molar-refractivity contribution in [1.82, 2.24) is 0 Å². The average Bonchev–Trinajstić information content (AvgIpc) is 3.27. The van der Waals surface area contributed by atoms with E-state index >= 15 is 0 Å². The van der Waals surface area contributed by atoms with Crippen molar-refractivity contribution >= 4 is 5.97 Å². The maximum Gasteiger partial charge on any atom is 0.306 e. The second-order valence-corrected chi connectivity index (χ2v) is 15.8. The lowest BCUT2D eigenvalue weighted by Gasteiger charge is -2.39. The van der Waals surface area contributed by atoms with Crippen LogP contribution in [-0.2, 0) is 23.7 Å². The zero-order valence-corrected chi connectivity index (χ0v) is 38.6. The minimum Gasteiger partial charge on any atom is -0.457 e. The van der Waals surface area contributed by atoms with Crippen LogP contribution in [0.2, 0.25) is 0 Å². The van der Waals surface area contributed by atoms with Gasteiger partial charge in [0.15, 0.2) is 6.29 Å². The van der Waals surface area contributed by atoms with E-state index < -0.39 is 43.4 Å². The van der Waals surface area contributed by atoms with E-state index in [0.717, 1.165) is 116 Å². The maximum atomic E-state index is 12.8. The summed E-state index contributed by atoms with van der Waals surface area (Å²) in [6.45, 7) is 4.21. The lowest BCUT2D eigenvalue weighted by atomic mass is 9.99. The van der Waals surface area contributed by atoms with Crippen molar-refractivity contribution in [2.45, 2.75) is 192 Å². The van der Waals surface area contributed by atoms with Gasteiger partial charge in [-0.05, 0) is 96.3 Å². The molecule has 0 aromatic rings. The number of allylic oxidation sites excluding steroid dienone is 18. The molecule has 62 heavy (non-hydrogen) atoms. The fraction of sp³-hybridized carbons (Fsp3) is 0.642. The van der Waals surface area contributed by atoms with E-state index in [4.69, 9.17) is 18.9 Å². The first kappa shape index (κ1) is 56.9. The first-order valence-electron chi connectivity index (χ1n) is 24.0. The number of ether oxygens (including phenoxy) is 4. The van der Waals surface area contributed by atoms with Crippen LogP contribution < -0.4 is 0 Å². The number of carbonyl (C=O) groups is 1. The Hall–Kier alpha value is -3.15. The van der Waals surface area contributed by atoms with Crippen molar-refractivity contribution in [1.29, 1.82) is 0 Å². The van der Waals surface area contributed by atoms with E-state index in [1.54, 1.807) is 0 Å². The Morgan fingerprint density at radius 2 is 0.935 bits per heavy atom. The van der Waals surface area contributed by atoms with Gasteiger partial charge in [-0.25, -0.2) is 0 Å². The normalized spacial score (nSPS) is 20.8. The van der Waals surface area contributed by atoms with Crippen LogP contribution in [0.1, 0.15) is 155 Å². The lowest BCUT2D eigenvalue weighted by Crippen LogP contribution is -2.59. The second-order valence-electron chi connectivity index (χ2n) is 15.8. The number of aliphatic hydroxyl groups excluding tert-OH is 4. The zero-order chi connectivity index (χ0) is 45.0. The minimum atomic E-state index is -1.55. The van der Waals surface area contributed by atoms with Gasteiger partial charge in [-0.3, -0.25) is 4.79 Å². The molecule has 1 aliphatic rings. The van der Waals surface area contributed by atoms with Crippen LogP contribution in [0.15, 0.2) is 109 Å². The third-order valence-electron chi connectivity index (χ3n) is 10.2. The molecule has 0 aromatic carbocycles. The molecular weight excluding hydrogens is 781 g/mol. The minimum absolute atomic E-state index is 0.110. The topological polar surface area (TPSA) is 135 Å². The van der Waals surface area contributed by atoms with Gasteiger partial charge in [0.25, 0.3) is 0 Å². The third-order valence-corrected chi connectivity index (χ3v) is 10.2. The van der Waals surface area contributed by atoms with Crippen molar-refractivity contribution in [2.24, 2.45) is 0 Å². The molecule has 1 fully saturated rings. The summed E-state index contributed by atoms with van der Waals surface area (Å²) in [5, 5.41) is 40.2. The van der Waals surface area contributed by atoms with Crippen LogP contribution in [0.3, 0.4) is 0 Å². The molecule has 352 valence electrons. The van der Waals surface area contributed by atoms with Crippen molar-refractivity contribution in [2.75, 3.05) is 26.4 Å². The van der Waals surface area contributed by atoms with Gasteiger partial charge in [0.2, 0.25) is 0 Å². The van der Waals surface area contributed by atoms with Crippen LogP contribution in [0.5, 0.6) is 0 Å². The standard InChI is InChI=1S/C53H86O9/c1-3-5-7-9-11-13-15-17-19-21-22-23-24-25-27-29-31-33-35-37-39-41-43-59-45-47(46-60-53-52(58)51(57)50(56)48(44-54)62-53)61-49(55)42-40-38-36-34-32-30-28-26-20-18-16-14-12-10-8-6-4-2/h5-8,11-14,17-20,22-23,25,27,31,33,47-48,50-54,56-58H,3-4,9-10,15-16,21,24,26,28-30,32,34-46H2,1-2H3/b7-5-,8-6-,13-11-,14-12-,19-17-,20-18-,23-22-,27-25-,33-31-. The summed E-state index contributed by atoms with van der Waals surface area (Å²) in [5.41, 5.74) is 0. The first-order chi connectivity index (χ1) is 30.4. The number of aliphatic hydroxyl groups is 4. The Kier molecular flexibility index (Phi) is 39.5. The van der Waals surface area contributed by atoms with Crippen molar-refractivity contribution < 1.29 is 44.2 Å². The Balaban J connectivity index is 2.29. The van der Waals surface area contributed by atoms with Gasteiger partial charge in [0.05, 0.1) is 19.8 Å². The average molecular weight is 867 g/mol. The van der Waals surface area contributed by atoms with Crippen LogP contribution in [0.4, 0.5) is 0 Å². The van der Waals surface area contributed by atoms with Gasteiger partial charge in [-0.2, -0.15) is 0 Å². The van der Waals surface area contributed by atoms with E-state index in [2.05, 4.69) is 123 Å². The molecule has 0 radical (unpaired) electrons. The molecule has 9 heteroatoms. The quantitative estimate of drug-likeness (QED) is 0.0271. The monoisotopic (exact) mass is 867 g/mol. The molecule has 0 saturated carbocycles. The molecule has 9 nitrogen and oxygen atoms in total. The summed E-state index contributed by atoms with van der Waals surface area (Å²) in [6, 6.07) is 0. The highest BCUT2D eigenvalue weighted by Crippen LogP contribution is 2.22. The number of rotatable bonds is 39. The lowest BCUT2D eigenvalue weighted by molar-refractivity contribution is -0.305. The summed E-state index contributed by atoms with van der Waals surface area (Å²) in [4.78, 5) is 12.8. The molecular formula is C53H86O9. The van der Waals surface area contributed by atoms with Gasteiger partial charge < -0.3 is 39.4 Å². The van der Waals surface area contributed by atoms with Crippen LogP contribution >= 0.6 is 0 Å². The van der Waals surface area contributed by atoms with Gasteiger partial charge >= 0.3 is 5.97 Å². The smallest absolute Gasteiger partial charge is 0.306 e. The molecule has 0 bridgehead atoms. The van der Waals surface area contributed by atoms with E-state index in [1.165, 1.54) is 19.3 Å². The van der Waals surface area contributed by atoms with Crippen molar-refractivity contribution in [3.05, 3.63) is 109 Å². The Morgan fingerprint density at radius 3 is 1.40 bits per heavy atom. The maximum absolute atomic E-state index is 12.8. The number of esters is 1. The number of unbranched alkanes of at least 4 members (excludes halogenated alkanes) is 10. The van der Waals surface area contributed by atoms with Crippen LogP contribution in [-0.4, -0.2) is 89.6 Å². The van der Waals surface area contributed by atoms with Crippen molar-refractivity contribution in [3.63, 3.8) is 0 Å². The van der Waals surface area contributed by atoms with Crippen LogP contribution in [0.25, 0.3) is 0 Å². The fourth-order valence-corrected chi connectivity index (χ4v) is 6.51. The highest BCUT2D eigenvalue weighted by molar-refractivity contribution is 5.69. The predicted octanol–water partition coefficient (Wildman–Crippen LogP) is 11.4. The summed E-state index contributed by atoms with van der Waals surface area (Å²) in [7, 11) is 0. The fourth-order valence-electron chi connectivity index (χ4n) is 6.51. The molecule has 1 saturated heterocycles. The SMILES string of the molecule is CC/C=C\C/C=C\C/C=C\C/C=C\C/C=C\C/C=C\CCCCCOCC(COC1OC(CO)C(O)C(O)C1O)OC(=O)CCCCCCCCC/C=C\C/C=C\C/C=C\CC. The molecule has 6 atom stereocenters. The predicted molar refractivity (Wildman–Crippen MR) is 256 cm³/mol.